The molecule has 2 N–H and O–H groups in total. The highest BCUT2D eigenvalue weighted by Crippen LogP contribution is 2.33. The molecule has 5 nitrogen and oxygen atoms in total. The summed E-state index contributed by atoms with van der Waals surface area (Å²) in [5.74, 6) is -1.12. The minimum absolute atomic E-state index is 0.0797. The van der Waals surface area contributed by atoms with Crippen LogP contribution in [0, 0.1) is 0 Å². The minimum Gasteiger partial charge on any atom is -0.373 e. The maximum absolute atomic E-state index is 12.9. The van der Waals surface area contributed by atoms with Crippen LogP contribution in [0.2, 0.25) is 0 Å². The van der Waals surface area contributed by atoms with E-state index in [1.165, 1.54) is 12.1 Å². The van der Waals surface area contributed by atoms with E-state index in [0.29, 0.717) is 5.69 Å². The summed E-state index contributed by atoms with van der Waals surface area (Å²) in [5.41, 5.74) is 0.520. The number of carbonyl (C=O) groups is 2. The lowest BCUT2D eigenvalue weighted by atomic mass is 10.2. The molecule has 2 aromatic carbocycles. The van der Waals surface area contributed by atoms with Crippen molar-refractivity contribution in [1.82, 2.24) is 4.98 Å². The van der Waals surface area contributed by atoms with Crippen molar-refractivity contribution in [2.45, 2.75) is 18.6 Å². The number of imide groups is 1. The van der Waals surface area contributed by atoms with Crippen molar-refractivity contribution in [3.05, 3.63) is 60.3 Å². The molecule has 4 rings (SSSR count). The van der Waals surface area contributed by atoms with Gasteiger partial charge in [-0.2, -0.15) is 13.2 Å². The van der Waals surface area contributed by atoms with E-state index >= 15 is 0 Å². The van der Waals surface area contributed by atoms with Gasteiger partial charge in [0.2, 0.25) is 5.91 Å². The summed E-state index contributed by atoms with van der Waals surface area (Å²) in [6.07, 6.45) is -2.89. The third-order valence-electron chi connectivity index (χ3n) is 4.47. The Bertz CT molecular complexity index is 1040. The summed E-state index contributed by atoms with van der Waals surface area (Å²) in [7, 11) is 0. The molecule has 0 aliphatic carbocycles. The van der Waals surface area contributed by atoms with Crippen molar-refractivity contribution < 1.29 is 22.8 Å². The van der Waals surface area contributed by atoms with Crippen LogP contribution >= 0.6 is 0 Å². The second-order valence-electron chi connectivity index (χ2n) is 6.30. The Morgan fingerprint density at radius 1 is 1.07 bits per heavy atom. The third-order valence-corrected chi connectivity index (χ3v) is 4.47. The number of alkyl halides is 3. The first-order chi connectivity index (χ1) is 12.8. The summed E-state index contributed by atoms with van der Waals surface area (Å²) in [6.45, 7) is 0. The van der Waals surface area contributed by atoms with E-state index in [9.17, 15) is 22.8 Å². The lowest BCUT2D eigenvalue weighted by molar-refractivity contribution is -0.137. The van der Waals surface area contributed by atoms with Gasteiger partial charge in [0, 0.05) is 17.4 Å². The van der Waals surface area contributed by atoms with Gasteiger partial charge in [-0.1, -0.05) is 12.1 Å². The molecule has 0 bridgehead atoms. The summed E-state index contributed by atoms with van der Waals surface area (Å²) < 4.78 is 38.7. The van der Waals surface area contributed by atoms with Crippen molar-refractivity contribution in [3.63, 3.8) is 0 Å². The Kier molecular flexibility index (Phi) is 3.91. The number of aromatic nitrogens is 1. The fourth-order valence-electron chi connectivity index (χ4n) is 3.18. The predicted molar refractivity (Wildman–Crippen MR) is 94.3 cm³/mol. The number of nitrogens with one attached hydrogen (secondary N) is 2. The quantitative estimate of drug-likeness (QED) is 0.684. The summed E-state index contributed by atoms with van der Waals surface area (Å²) >= 11 is 0. The average Bonchev–Trinajstić information content (AvgIpc) is 3.18. The number of halogens is 3. The predicted octanol–water partition coefficient (Wildman–Crippen LogP) is 3.93. The molecule has 3 aromatic rings. The van der Waals surface area contributed by atoms with Crippen molar-refractivity contribution in [2.24, 2.45) is 0 Å². The molecule has 1 aromatic heterocycles. The largest absolute Gasteiger partial charge is 0.416 e. The second-order valence-corrected chi connectivity index (χ2v) is 6.30. The highest BCUT2D eigenvalue weighted by molar-refractivity contribution is 6.23. The molecule has 1 atom stereocenters. The van der Waals surface area contributed by atoms with Crippen molar-refractivity contribution in [3.8, 4) is 0 Å². The summed E-state index contributed by atoms with van der Waals surface area (Å²) in [6, 6.07) is 10.7. The zero-order chi connectivity index (χ0) is 19.2. The number of benzene rings is 2. The maximum Gasteiger partial charge on any atom is 0.416 e. The summed E-state index contributed by atoms with van der Waals surface area (Å²) in [5, 5.41) is 3.99. The first-order valence-corrected chi connectivity index (χ1v) is 8.21. The van der Waals surface area contributed by atoms with Crippen LogP contribution in [0.4, 0.5) is 24.5 Å². The number of fused-ring (bicyclic) bond motifs is 1. The van der Waals surface area contributed by atoms with Gasteiger partial charge in [-0.15, -0.1) is 0 Å². The van der Waals surface area contributed by atoms with E-state index in [1.807, 2.05) is 12.1 Å². The fourth-order valence-corrected chi connectivity index (χ4v) is 3.18. The number of carbonyl (C=O) groups excluding carboxylic acids is 2. The average molecular weight is 373 g/mol. The number of rotatable bonds is 3. The van der Waals surface area contributed by atoms with Gasteiger partial charge >= 0.3 is 6.18 Å². The van der Waals surface area contributed by atoms with Gasteiger partial charge in [0.25, 0.3) is 5.91 Å². The lowest BCUT2D eigenvalue weighted by Gasteiger charge is -2.17. The Morgan fingerprint density at radius 3 is 2.67 bits per heavy atom. The number of anilines is 2. The highest BCUT2D eigenvalue weighted by Gasteiger charge is 2.40. The SMILES string of the molecule is O=C1C[C@H](Nc2ccc3cc[nH]c3c2)C(=O)N1c1cccc(C(F)(F)F)c1. The van der Waals surface area contributed by atoms with Crippen LogP contribution in [0.15, 0.2) is 54.7 Å². The van der Waals surface area contributed by atoms with Crippen LogP contribution in [-0.4, -0.2) is 22.8 Å². The van der Waals surface area contributed by atoms with Crippen LogP contribution in [0.25, 0.3) is 10.9 Å². The van der Waals surface area contributed by atoms with Gasteiger partial charge in [0.1, 0.15) is 6.04 Å². The van der Waals surface area contributed by atoms with Crippen molar-refractivity contribution in [1.29, 1.82) is 0 Å². The van der Waals surface area contributed by atoms with Gasteiger partial charge in [-0.3, -0.25) is 9.59 Å². The monoisotopic (exact) mass is 373 g/mol. The van der Waals surface area contributed by atoms with Crippen LogP contribution in [-0.2, 0) is 15.8 Å². The first kappa shape index (κ1) is 17.1. The molecule has 138 valence electrons. The van der Waals surface area contributed by atoms with Crippen LogP contribution < -0.4 is 10.2 Å². The fraction of sp³-hybridized carbons (Fsp3) is 0.158. The molecule has 1 aliphatic rings. The molecule has 0 saturated carbocycles. The van der Waals surface area contributed by atoms with Gasteiger partial charge in [-0.25, -0.2) is 4.90 Å². The second kappa shape index (κ2) is 6.15. The van der Waals surface area contributed by atoms with Gasteiger partial charge < -0.3 is 10.3 Å². The summed E-state index contributed by atoms with van der Waals surface area (Å²) in [4.78, 5) is 28.8. The van der Waals surface area contributed by atoms with Crippen LogP contribution in [0.1, 0.15) is 12.0 Å². The number of H-pyrrole nitrogens is 1. The smallest absolute Gasteiger partial charge is 0.373 e. The molecule has 8 heteroatoms. The number of hydrogen-bond donors (Lipinski definition) is 2. The lowest BCUT2D eigenvalue weighted by Crippen LogP contribution is -2.35. The van der Waals surface area contributed by atoms with E-state index < -0.39 is 29.6 Å². The minimum atomic E-state index is -4.55. The van der Waals surface area contributed by atoms with Crippen molar-refractivity contribution >= 4 is 34.1 Å². The maximum atomic E-state index is 12.9. The molecule has 2 amide bonds. The van der Waals surface area contributed by atoms with Crippen LogP contribution in [0.3, 0.4) is 0 Å². The molecule has 2 heterocycles. The number of aromatic amines is 1. The molecular formula is C19H14F3N3O2. The van der Waals surface area contributed by atoms with Crippen LogP contribution in [0.5, 0.6) is 0 Å². The molecule has 1 aliphatic heterocycles. The van der Waals surface area contributed by atoms with E-state index in [0.717, 1.165) is 27.9 Å². The molecular weight excluding hydrogens is 359 g/mol. The third kappa shape index (κ3) is 3.14. The van der Waals surface area contributed by atoms with Gasteiger partial charge in [0.05, 0.1) is 17.7 Å². The molecule has 0 unspecified atom stereocenters. The Balaban J connectivity index is 1.58. The van der Waals surface area contributed by atoms with E-state index in [-0.39, 0.29) is 12.1 Å². The number of amides is 2. The standard InChI is InChI=1S/C19H14F3N3O2/c20-19(21,22)12-2-1-3-14(8-12)25-17(26)10-16(18(25)27)24-13-5-4-11-6-7-23-15(11)9-13/h1-9,16,23-24H,10H2/t16-/m0/s1. The molecule has 27 heavy (non-hydrogen) atoms. The van der Waals surface area contributed by atoms with E-state index in [1.54, 1.807) is 18.3 Å². The Morgan fingerprint density at radius 2 is 1.89 bits per heavy atom. The van der Waals surface area contributed by atoms with E-state index in [4.69, 9.17) is 0 Å². The molecule has 0 radical (unpaired) electrons. The topological polar surface area (TPSA) is 65.2 Å². The first-order valence-electron chi connectivity index (χ1n) is 8.21. The van der Waals surface area contributed by atoms with Gasteiger partial charge in [-0.05, 0) is 41.8 Å². The zero-order valence-electron chi connectivity index (χ0n) is 13.9. The van der Waals surface area contributed by atoms with Gasteiger partial charge in [0.15, 0.2) is 0 Å². The van der Waals surface area contributed by atoms with Crippen molar-refractivity contribution in [2.75, 3.05) is 10.2 Å². The zero-order valence-corrected chi connectivity index (χ0v) is 13.9. The molecule has 1 fully saturated rings. The normalized spacial score (nSPS) is 17.7. The highest BCUT2D eigenvalue weighted by atomic mass is 19.4. The number of nitrogens with zero attached hydrogens (tertiary/aromatic N) is 1. The molecule has 0 spiro atoms. The molecule has 1 saturated heterocycles. The Hall–Kier alpha value is -3.29. The Labute approximate surface area is 151 Å². The number of hydrogen-bond acceptors (Lipinski definition) is 3. The van der Waals surface area contributed by atoms with E-state index in [2.05, 4.69) is 10.3 Å².